The molecule has 0 fully saturated rings. The molecule has 0 atom stereocenters. The van der Waals surface area contributed by atoms with Gasteiger partial charge < -0.3 is 5.32 Å². The van der Waals surface area contributed by atoms with E-state index in [9.17, 15) is 19.2 Å². The number of amides is 1. The third-order valence-corrected chi connectivity index (χ3v) is 3.63. The Bertz CT molecular complexity index is 1070. The summed E-state index contributed by atoms with van der Waals surface area (Å²) in [6, 6.07) is 8.23. The predicted molar refractivity (Wildman–Crippen MR) is 99.4 cm³/mol. The number of aromatic nitrogens is 3. The van der Waals surface area contributed by atoms with Gasteiger partial charge in [0.05, 0.1) is 24.3 Å². The quantitative estimate of drug-likeness (QED) is 0.694. The molecule has 1 aromatic carbocycles. The molecule has 0 radical (unpaired) electrons. The molecular formula is C18H17N5O4. The van der Waals surface area contributed by atoms with Crippen LogP contribution in [0, 0.1) is 11.3 Å². The molecule has 1 heterocycles. The first-order chi connectivity index (χ1) is 12.9. The maximum Gasteiger partial charge on any atom is 0.337 e. The highest BCUT2D eigenvalue weighted by molar-refractivity contribution is 5.91. The molecule has 0 aliphatic heterocycles. The van der Waals surface area contributed by atoms with Gasteiger partial charge in [0.15, 0.2) is 0 Å². The van der Waals surface area contributed by atoms with E-state index in [1.807, 2.05) is 6.07 Å². The lowest BCUT2D eigenvalue weighted by atomic mass is 10.2. The summed E-state index contributed by atoms with van der Waals surface area (Å²) in [7, 11) is 0. The minimum absolute atomic E-state index is 0.117. The van der Waals surface area contributed by atoms with Gasteiger partial charge in [-0.2, -0.15) is 5.26 Å². The summed E-state index contributed by atoms with van der Waals surface area (Å²) in [6.45, 7) is 6.10. The number of rotatable bonds is 7. The molecule has 138 valence electrons. The van der Waals surface area contributed by atoms with Crippen LogP contribution in [0.2, 0.25) is 0 Å². The number of hydrogen-bond acceptors (Lipinski definition) is 5. The molecule has 1 N–H and O–H groups in total. The van der Waals surface area contributed by atoms with Gasteiger partial charge in [-0.1, -0.05) is 24.3 Å². The fraction of sp³-hybridized carbons (Fsp3) is 0.167. The molecule has 1 aromatic heterocycles. The molecule has 0 aliphatic rings. The second kappa shape index (κ2) is 8.44. The molecule has 27 heavy (non-hydrogen) atoms. The van der Waals surface area contributed by atoms with E-state index >= 15 is 0 Å². The van der Waals surface area contributed by atoms with E-state index in [4.69, 9.17) is 5.26 Å². The zero-order valence-electron chi connectivity index (χ0n) is 14.4. The Morgan fingerprint density at radius 2 is 1.52 bits per heavy atom. The van der Waals surface area contributed by atoms with Crippen molar-refractivity contribution in [1.82, 2.24) is 13.7 Å². The molecular weight excluding hydrogens is 350 g/mol. The Morgan fingerprint density at radius 3 is 2.04 bits per heavy atom. The maximum absolute atomic E-state index is 12.5. The number of allylic oxidation sites excluding steroid dienone is 2. The number of carbonyl (C=O) groups is 1. The van der Waals surface area contributed by atoms with E-state index < -0.39 is 29.5 Å². The van der Waals surface area contributed by atoms with Crippen molar-refractivity contribution in [3.63, 3.8) is 0 Å². The van der Waals surface area contributed by atoms with Gasteiger partial charge in [-0.25, -0.2) is 28.1 Å². The third-order valence-electron chi connectivity index (χ3n) is 3.63. The lowest BCUT2D eigenvalue weighted by Crippen LogP contribution is -2.55. The number of hydrogen-bond donors (Lipinski definition) is 1. The Labute approximate surface area is 153 Å². The summed E-state index contributed by atoms with van der Waals surface area (Å²) >= 11 is 0. The van der Waals surface area contributed by atoms with Crippen LogP contribution >= 0.6 is 0 Å². The highest BCUT2D eigenvalue weighted by Crippen LogP contribution is 2.13. The highest BCUT2D eigenvalue weighted by atomic mass is 16.2. The Balaban J connectivity index is 2.47. The molecule has 0 spiro atoms. The van der Waals surface area contributed by atoms with Crippen LogP contribution < -0.4 is 22.4 Å². The van der Waals surface area contributed by atoms with E-state index in [-0.39, 0.29) is 24.3 Å². The third kappa shape index (κ3) is 4.01. The molecule has 9 nitrogen and oxygen atoms in total. The molecule has 0 unspecified atom stereocenters. The average molecular weight is 367 g/mol. The molecule has 2 rings (SSSR count). The molecule has 0 aliphatic carbocycles. The Hall–Kier alpha value is -3.93. The minimum atomic E-state index is -0.922. The van der Waals surface area contributed by atoms with Crippen molar-refractivity contribution in [2.75, 3.05) is 5.32 Å². The van der Waals surface area contributed by atoms with Crippen molar-refractivity contribution < 1.29 is 4.79 Å². The minimum Gasteiger partial charge on any atom is -0.323 e. The van der Waals surface area contributed by atoms with Gasteiger partial charge in [0.2, 0.25) is 5.91 Å². The summed E-state index contributed by atoms with van der Waals surface area (Å²) in [5.41, 5.74) is -2.16. The van der Waals surface area contributed by atoms with Crippen LogP contribution in [-0.4, -0.2) is 19.6 Å². The van der Waals surface area contributed by atoms with Crippen LogP contribution in [0.25, 0.3) is 0 Å². The van der Waals surface area contributed by atoms with Gasteiger partial charge in [0.25, 0.3) is 0 Å². The van der Waals surface area contributed by atoms with Gasteiger partial charge in [0, 0.05) is 0 Å². The first-order valence-corrected chi connectivity index (χ1v) is 7.89. The summed E-state index contributed by atoms with van der Waals surface area (Å²) in [5.74, 6) is -0.689. The second-order valence-corrected chi connectivity index (χ2v) is 5.44. The van der Waals surface area contributed by atoms with Crippen LogP contribution in [0.3, 0.4) is 0 Å². The fourth-order valence-electron chi connectivity index (χ4n) is 2.41. The van der Waals surface area contributed by atoms with Gasteiger partial charge >= 0.3 is 17.1 Å². The topological polar surface area (TPSA) is 119 Å². The Morgan fingerprint density at radius 1 is 1.00 bits per heavy atom. The summed E-state index contributed by atoms with van der Waals surface area (Å²) in [6.07, 6.45) is 2.66. The largest absolute Gasteiger partial charge is 0.337 e. The van der Waals surface area contributed by atoms with Crippen molar-refractivity contribution >= 4 is 11.6 Å². The van der Waals surface area contributed by atoms with Crippen LogP contribution in [0.1, 0.15) is 5.56 Å². The number of nitriles is 1. The SMILES string of the molecule is C=CCn1c(=O)n(CC=C)c(=O)n(CC(=O)Nc2ccccc2C#N)c1=O. The first kappa shape index (κ1) is 19.4. The lowest BCUT2D eigenvalue weighted by Gasteiger charge is -2.12. The van der Waals surface area contributed by atoms with Crippen LogP contribution in [0.5, 0.6) is 0 Å². The van der Waals surface area contributed by atoms with Crippen molar-refractivity contribution in [2.45, 2.75) is 19.6 Å². The van der Waals surface area contributed by atoms with Gasteiger partial charge in [-0.15, -0.1) is 13.2 Å². The average Bonchev–Trinajstić information content (AvgIpc) is 2.66. The molecule has 0 saturated heterocycles. The number of anilines is 1. The monoisotopic (exact) mass is 367 g/mol. The number of nitrogens with one attached hydrogen (secondary N) is 1. The molecule has 0 bridgehead atoms. The molecule has 0 saturated carbocycles. The predicted octanol–water partition coefficient (Wildman–Crippen LogP) is 0.0541. The fourth-order valence-corrected chi connectivity index (χ4v) is 2.41. The molecule has 9 heteroatoms. The van der Waals surface area contributed by atoms with Crippen molar-refractivity contribution in [3.05, 3.63) is 86.6 Å². The summed E-state index contributed by atoms with van der Waals surface area (Å²) in [4.78, 5) is 49.6. The van der Waals surface area contributed by atoms with Crippen LogP contribution in [0.4, 0.5) is 5.69 Å². The number of benzene rings is 1. The highest BCUT2D eigenvalue weighted by Gasteiger charge is 2.17. The lowest BCUT2D eigenvalue weighted by molar-refractivity contribution is -0.116. The maximum atomic E-state index is 12.5. The van der Waals surface area contributed by atoms with E-state index in [0.29, 0.717) is 4.57 Å². The smallest absolute Gasteiger partial charge is 0.323 e. The van der Waals surface area contributed by atoms with E-state index in [1.165, 1.54) is 24.3 Å². The van der Waals surface area contributed by atoms with Crippen molar-refractivity contribution in [3.8, 4) is 6.07 Å². The normalized spacial score (nSPS) is 10.0. The first-order valence-electron chi connectivity index (χ1n) is 7.89. The molecule has 2 aromatic rings. The van der Waals surface area contributed by atoms with Crippen LogP contribution in [0.15, 0.2) is 64.0 Å². The van der Waals surface area contributed by atoms with E-state index in [1.54, 1.807) is 12.1 Å². The summed E-state index contributed by atoms with van der Waals surface area (Å²) < 4.78 is 2.25. The standard InChI is InChI=1S/C18H17N5O4/c1-3-9-21-16(25)22(10-4-2)18(27)23(17(21)26)12-15(24)20-14-8-6-5-7-13(14)11-19/h3-8H,1-2,9-10,12H2,(H,20,24). The number of nitrogens with zero attached hydrogens (tertiary/aromatic N) is 4. The van der Waals surface area contributed by atoms with Crippen LogP contribution in [-0.2, 0) is 24.4 Å². The van der Waals surface area contributed by atoms with E-state index in [2.05, 4.69) is 18.5 Å². The second-order valence-electron chi connectivity index (χ2n) is 5.44. The number of para-hydroxylation sites is 1. The van der Waals surface area contributed by atoms with Gasteiger partial charge in [0.1, 0.15) is 12.6 Å². The number of carbonyl (C=O) groups excluding carboxylic acids is 1. The van der Waals surface area contributed by atoms with Gasteiger partial charge in [-0.05, 0) is 12.1 Å². The summed E-state index contributed by atoms with van der Waals surface area (Å²) in [5, 5.41) is 11.5. The zero-order chi connectivity index (χ0) is 20.0. The molecule has 1 amide bonds. The van der Waals surface area contributed by atoms with Crippen molar-refractivity contribution in [1.29, 1.82) is 5.26 Å². The van der Waals surface area contributed by atoms with Crippen molar-refractivity contribution in [2.24, 2.45) is 0 Å². The van der Waals surface area contributed by atoms with Gasteiger partial charge in [-0.3, -0.25) is 4.79 Å². The Kier molecular flexibility index (Phi) is 6.06. The zero-order valence-corrected chi connectivity index (χ0v) is 14.4. The van der Waals surface area contributed by atoms with E-state index in [0.717, 1.165) is 9.13 Å².